The molecule has 0 radical (unpaired) electrons. The van der Waals surface area contributed by atoms with Crippen LogP contribution in [0.5, 0.6) is 5.75 Å². The summed E-state index contributed by atoms with van der Waals surface area (Å²) in [7, 11) is 0. The first kappa shape index (κ1) is 10.6. The third-order valence-electron chi connectivity index (χ3n) is 2.82. The molecule has 2 heteroatoms. The summed E-state index contributed by atoms with van der Waals surface area (Å²) in [6.07, 6.45) is 4.22. The minimum Gasteiger partial charge on any atom is -0.481 e. The van der Waals surface area contributed by atoms with Gasteiger partial charge in [-0.05, 0) is 29.8 Å². The van der Waals surface area contributed by atoms with Gasteiger partial charge in [0.15, 0.2) is 0 Å². The Labute approximate surface area is 109 Å². The number of fused-ring (bicyclic) bond motifs is 1. The maximum absolute atomic E-state index is 5.96. The largest absolute Gasteiger partial charge is 0.481 e. The first-order valence-electron chi connectivity index (χ1n) is 5.52. The van der Waals surface area contributed by atoms with Crippen LogP contribution in [0.15, 0.2) is 59.1 Å². The van der Waals surface area contributed by atoms with Crippen molar-refractivity contribution in [3.63, 3.8) is 0 Å². The Morgan fingerprint density at radius 2 is 1.71 bits per heavy atom. The molecule has 1 aliphatic rings. The molecule has 0 saturated carbocycles. The summed E-state index contributed by atoms with van der Waals surface area (Å²) in [5, 5.41) is 0. The maximum atomic E-state index is 5.96. The molecule has 1 aliphatic heterocycles. The third kappa shape index (κ3) is 2.13. The van der Waals surface area contributed by atoms with E-state index in [0.29, 0.717) is 0 Å². The van der Waals surface area contributed by atoms with Gasteiger partial charge < -0.3 is 4.74 Å². The van der Waals surface area contributed by atoms with Gasteiger partial charge in [-0.25, -0.2) is 0 Å². The summed E-state index contributed by atoms with van der Waals surface area (Å²) in [6, 6.07) is 16.3. The number of rotatable bonds is 1. The van der Waals surface area contributed by atoms with Gasteiger partial charge in [-0.3, -0.25) is 0 Å². The molecule has 0 unspecified atom stereocenters. The van der Waals surface area contributed by atoms with Crippen LogP contribution in [0.25, 0.3) is 6.08 Å². The molecule has 0 aromatic heterocycles. The van der Waals surface area contributed by atoms with Crippen molar-refractivity contribution in [2.45, 2.75) is 6.10 Å². The summed E-state index contributed by atoms with van der Waals surface area (Å²) in [6.45, 7) is 0. The fourth-order valence-electron chi connectivity index (χ4n) is 1.92. The van der Waals surface area contributed by atoms with Crippen LogP contribution in [0.3, 0.4) is 0 Å². The SMILES string of the molecule is Brc1ccc([C@@H]2C=Cc3ccccc3O2)cc1. The van der Waals surface area contributed by atoms with Gasteiger partial charge in [0.25, 0.3) is 0 Å². The molecular formula is C15H11BrO. The van der Waals surface area contributed by atoms with Gasteiger partial charge in [-0.15, -0.1) is 0 Å². The predicted octanol–water partition coefficient (Wildman–Crippen LogP) is 4.60. The summed E-state index contributed by atoms with van der Waals surface area (Å²) in [5.41, 5.74) is 2.31. The molecule has 0 N–H and O–H groups in total. The summed E-state index contributed by atoms with van der Waals surface area (Å²) < 4.78 is 7.04. The zero-order valence-electron chi connectivity index (χ0n) is 9.14. The van der Waals surface area contributed by atoms with Crippen molar-refractivity contribution in [2.24, 2.45) is 0 Å². The average molecular weight is 287 g/mol. The van der Waals surface area contributed by atoms with E-state index >= 15 is 0 Å². The maximum Gasteiger partial charge on any atom is 0.142 e. The smallest absolute Gasteiger partial charge is 0.142 e. The first-order valence-corrected chi connectivity index (χ1v) is 6.31. The van der Waals surface area contributed by atoms with E-state index in [1.54, 1.807) is 0 Å². The van der Waals surface area contributed by atoms with E-state index in [1.165, 1.54) is 5.56 Å². The van der Waals surface area contributed by atoms with Crippen molar-refractivity contribution in [3.8, 4) is 5.75 Å². The quantitative estimate of drug-likeness (QED) is 0.745. The van der Waals surface area contributed by atoms with E-state index < -0.39 is 0 Å². The fourth-order valence-corrected chi connectivity index (χ4v) is 2.19. The van der Waals surface area contributed by atoms with E-state index in [1.807, 2.05) is 30.3 Å². The minimum atomic E-state index is 0.0120. The van der Waals surface area contributed by atoms with Gasteiger partial charge in [-0.1, -0.05) is 52.3 Å². The molecule has 1 heterocycles. The standard InChI is InChI=1S/C15H11BrO/c16-13-8-5-12(6-9-13)15-10-7-11-3-1-2-4-14(11)17-15/h1-10,15H/t15-/m0/s1. The number of hydrogen-bond acceptors (Lipinski definition) is 1. The normalized spacial score (nSPS) is 17.4. The second-order valence-electron chi connectivity index (χ2n) is 3.99. The zero-order valence-corrected chi connectivity index (χ0v) is 10.7. The molecule has 3 rings (SSSR count). The van der Waals surface area contributed by atoms with Crippen LogP contribution in [0, 0.1) is 0 Å². The average Bonchev–Trinajstić information content (AvgIpc) is 2.39. The molecule has 0 saturated heterocycles. The molecule has 0 aliphatic carbocycles. The van der Waals surface area contributed by atoms with Crippen LogP contribution in [-0.4, -0.2) is 0 Å². The monoisotopic (exact) mass is 286 g/mol. The van der Waals surface area contributed by atoms with E-state index in [-0.39, 0.29) is 6.10 Å². The number of hydrogen-bond donors (Lipinski definition) is 0. The number of para-hydroxylation sites is 1. The van der Waals surface area contributed by atoms with Gasteiger partial charge in [0.1, 0.15) is 11.9 Å². The van der Waals surface area contributed by atoms with Crippen LogP contribution in [0.4, 0.5) is 0 Å². The lowest BCUT2D eigenvalue weighted by molar-refractivity contribution is 0.252. The van der Waals surface area contributed by atoms with Gasteiger partial charge in [0, 0.05) is 10.0 Å². The van der Waals surface area contributed by atoms with Crippen LogP contribution in [0.1, 0.15) is 17.2 Å². The summed E-state index contributed by atoms with van der Waals surface area (Å²) in [4.78, 5) is 0. The Morgan fingerprint density at radius 3 is 2.53 bits per heavy atom. The molecule has 84 valence electrons. The molecule has 0 spiro atoms. The van der Waals surface area contributed by atoms with Crippen molar-refractivity contribution < 1.29 is 4.74 Å². The second-order valence-corrected chi connectivity index (χ2v) is 4.90. The molecule has 17 heavy (non-hydrogen) atoms. The Kier molecular flexibility index (Phi) is 2.73. The minimum absolute atomic E-state index is 0.0120. The number of ether oxygens (including phenoxy) is 1. The fraction of sp³-hybridized carbons (Fsp3) is 0.0667. The van der Waals surface area contributed by atoms with Crippen LogP contribution in [0.2, 0.25) is 0 Å². The molecule has 0 amide bonds. The highest BCUT2D eigenvalue weighted by Gasteiger charge is 2.15. The van der Waals surface area contributed by atoms with Crippen molar-refractivity contribution in [1.29, 1.82) is 0 Å². The molecule has 0 bridgehead atoms. The van der Waals surface area contributed by atoms with Crippen molar-refractivity contribution in [1.82, 2.24) is 0 Å². The first-order chi connectivity index (χ1) is 8.33. The zero-order chi connectivity index (χ0) is 11.7. The van der Waals surface area contributed by atoms with Crippen molar-refractivity contribution in [3.05, 3.63) is 70.2 Å². The van der Waals surface area contributed by atoms with E-state index in [9.17, 15) is 0 Å². The second kappa shape index (κ2) is 4.38. The molecule has 2 aromatic carbocycles. The van der Waals surface area contributed by atoms with Crippen molar-refractivity contribution >= 4 is 22.0 Å². The van der Waals surface area contributed by atoms with Gasteiger partial charge in [0.2, 0.25) is 0 Å². The Bertz CT molecular complexity index is 557. The molecule has 0 fully saturated rings. The van der Waals surface area contributed by atoms with Gasteiger partial charge in [-0.2, -0.15) is 0 Å². The molecular weight excluding hydrogens is 276 g/mol. The van der Waals surface area contributed by atoms with E-state index in [2.05, 4.69) is 46.3 Å². The summed E-state index contributed by atoms with van der Waals surface area (Å²) >= 11 is 3.44. The Morgan fingerprint density at radius 1 is 0.941 bits per heavy atom. The van der Waals surface area contributed by atoms with E-state index in [0.717, 1.165) is 15.8 Å². The highest BCUT2D eigenvalue weighted by atomic mass is 79.9. The Balaban J connectivity index is 1.92. The molecule has 1 nitrogen and oxygen atoms in total. The predicted molar refractivity (Wildman–Crippen MR) is 73.0 cm³/mol. The summed E-state index contributed by atoms with van der Waals surface area (Å²) in [5.74, 6) is 0.947. The lowest BCUT2D eigenvalue weighted by Crippen LogP contribution is -2.08. The topological polar surface area (TPSA) is 9.23 Å². The number of halogens is 1. The van der Waals surface area contributed by atoms with Crippen LogP contribution < -0.4 is 4.74 Å². The van der Waals surface area contributed by atoms with Gasteiger partial charge in [0.05, 0.1) is 0 Å². The third-order valence-corrected chi connectivity index (χ3v) is 3.35. The lowest BCUT2D eigenvalue weighted by atomic mass is 10.0. The highest BCUT2D eigenvalue weighted by molar-refractivity contribution is 9.10. The molecule has 1 atom stereocenters. The number of benzene rings is 2. The van der Waals surface area contributed by atoms with Crippen LogP contribution in [-0.2, 0) is 0 Å². The highest BCUT2D eigenvalue weighted by Crippen LogP contribution is 2.32. The van der Waals surface area contributed by atoms with E-state index in [4.69, 9.17) is 4.74 Å². The lowest BCUT2D eigenvalue weighted by Gasteiger charge is -2.21. The van der Waals surface area contributed by atoms with Crippen LogP contribution >= 0.6 is 15.9 Å². The van der Waals surface area contributed by atoms with Gasteiger partial charge >= 0.3 is 0 Å². The van der Waals surface area contributed by atoms with Crippen molar-refractivity contribution in [2.75, 3.05) is 0 Å². The Hall–Kier alpha value is -1.54. The molecule has 2 aromatic rings.